The van der Waals surface area contributed by atoms with Crippen molar-refractivity contribution in [2.75, 3.05) is 0 Å². The Balaban J connectivity index is 1.53. The Kier molecular flexibility index (Phi) is 12.9. The fourth-order valence-corrected chi connectivity index (χ4v) is 5.79. The van der Waals surface area contributed by atoms with Crippen molar-refractivity contribution in [3.8, 4) is 0 Å². The third-order valence-corrected chi connectivity index (χ3v) is 8.64. The van der Waals surface area contributed by atoms with E-state index < -0.39 is 0 Å². The van der Waals surface area contributed by atoms with Gasteiger partial charge in [-0.3, -0.25) is 29.9 Å². The van der Waals surface area contributed by atoms with Crippen molar-refractivity contribution in [3.63, 3.8) is 0 Å². The normalized spacial score (nSPS) is 12.5. The molecule has 0 unspecified atom stereocenters. The molecule has 0 amide bonds. The molecular formula is C39H48N6. The molecule has 0 radical (unpaired) electrons. The summed E-state index contributed by atoms with van der Waals surface area (Å²) in [6.07, 6.45) is 11.2. The van der Waals surface area contributed by atoms with E-state index in [9.17, 15) is 0 Å². The number of aromatic nitrogens is 3. The monoisotopic (exact) mass is 600 g/mol. The van der Waals surface area contributed by atoms with Crippen LogP contribution in [0.15, 0.2) is 88.2 Å². The van der Waals surface area contributed by atoms with Gasteiger partial charge in [0.1, 0.15) is 0 Å². The quantitative estimate of drug-likeness (QED) is 0.128. The van der Waals surface area contributed by atoms with Crippen molar-refractivity contribution in [1.29, 1.82) is 0 Å². The van der Waals surface area contributed by atoms with Crippen molar-refractivity contribution in [2.24, 2.45) is 15.0 Å². The second-order valence-corrected chi connectivity index (χ2v) is 11.9. The Labute approximate surface area is 270 Å². The average Bonchev–Trinajstić information content (AvgIpc) is 3.06. The molecule has 0 aliphatic carbocycles. The second kappa shape index (κ2) is 17.2. The Bertz CT molecular complexity index is 1390. The Morgan fingerprint density at radius 1 is 0.467 bits per heavy atom. The molecule has 0 saturated carbocycles. The van der Waals surface area contributed by atoms with Crippen LogP contribution < -0.4 is 0 Å². The zero-order valence-corrected chi connectivity index (χ0v) is 28.0. The molecule has 0 aliphatic rings. The highest BCUT2D eigenvalue weighted by molar-refractivity contribution is 5.83. The summed E-state index contributed by atoms with van der Waals surface area (Å²) < 4.78 is 0. The molecule has 0 fully saturated rings. The third-order valence-electron chi connectivity index (χ3n) is 8.64. The summed E-state index contributed by atoms with van der Waals surface area (Å²) in [5, 5.41) is 0. The number of aliphatic imine (C=N–C) groups is 3. The maximum absolute atomic E-state index is 4.85. The van der Waals surface area contributed by atoms with Crippen LogP contribution in [0.3, 0.4) is 0 Å². The van der Waals surface area contributed by atoms with Crippen molar-refractivity contribution in [1.82, 2.24) is 15.0 Å². The lowest BCUT2D eigenvalue weighted by Gasteiger charge is -2.23. The standard InChI is InChI=1S/C39H48N6/c1-28(43-25-34-13-7-10-22-40-34)16-19-37-31(4)38(20-17-29(2)44-26-35-14-8-11-23-41-35)33(6)39(32(37)5)21-18-30(3)45-27-36-15-9-12-24-42-36/h7-15,22-24H,16-21,25-27H2,1-6H3. The van der Waals surface area contributed by atoms with Gasteiger partial charge >= 0.3 is 0 Å². The minimum Gasteiger partial charge on any atom is -0.288 e. The number of rotatable bonds is 15. The number of pyridine rings is 3. The van der Waals surface area contributed by atoms with Crippen molar-refractivity contribution >= 4 is 17.1 Å². The Morgan fingerprint density at radius 2 is 0.756 bits per heavy atom. The molecule has 0 saturated heterocycles. The van der Waals surface area contributed by atoms with E-state index >= 15 is 0 Å². The van der Waals surface area contributed by atoms with Crippen LogP contribution in [0.25, 0.3) is 0 Å². The molecule has 1 aromatic carbocycles. The summed E-state index contributed by atoms with van der Waals surface area (Å²) in [4.78, 5) is 27.8. The first-order chi connectivity index (χ1) is 21.8. The van der Waals surface area contributed by atoms with E-state index in [-0.39, 0.29) is 0 Å². The van der Waals surface area contributed by atoms with Crippen molar-refractivity contribution in [3.05, 3.63) is 124 Å². The van der Waals surface area contributed by atoms with Gasteiger partial charge < -0.3 is 0 Å². The SMILES string of the molecule is CC(CCc1c(C)c(CCC(C)=NCc2ccccn2)c(C)c(CCC(C)=NCc2ccccn2)c1C)=NCc1ccccn1. The van der Waals surface area contributed by atoms with Crippen LogP contribution in [0.2, 0.25) is 0 Å². The van der Waals surface area contributed by atoms with E-state index in [0.29, 0.717) is 19.6 Å². The predicted octanol–water partition coefficient (Wildman–Crippen LogP) is 8.58. The lowest BCUT2D eigenvalue weighted by atomic mass is 9.82. The molecule has 0 spiro atoms. The molecule has 6 heteroatoms. The summed E-state index contributed by atoms with van der Waals surface area (Å²) in [6, 6.07) is 18.0. The van der Waals surface area contributed by atoms with Gasteiger partial charge in [-0.1, -0.05) is 18.2 Å². The zero-order valence-electron chi connectivity index (χ0n) is 28.0. The van der Waals surface area contributed by atoms with Gasteiger partial charge in [0, 0.05) is 35.7 Å². The fourth-order valence-electron chi connectivity index (χ4n) is 5.79. The van der Waals surface area contributed by atoms with E-state index in [1.165, 1.54) is 33.4 Å². The summed E-state index contributed by atoms with van der Waals surface area (Å²) in [7, 11) is 0. The molecule has 45 heavy (non-hydrogen) atoms. The highest BCUT2D eigenvalue weighted by Crippen LogP contribution is 2.30. The number of nitrogens with zero attached hydrogens (tertiary/aromatic N) is 6. The van der Waals surface area contributed by atoms with Crippen LogP contribution >= 0.6 is 0 Å². The van der Waals surface area contributed by atoms with E-state index in [4.69, 9.17) is 15.0 Å². The van der Waals surface area contributed by atoms with Crippen LogP contribution in [0.4, 0.5) is 0 Å². The molecule has 4 aromatic rings. The van der Waals surface area contributed by atoms with Crippen LogP contribution in [-0.2, 0) is 38.9 Å². The fraction of sp³-hybridized carbons (Fsp3) is 0.385. The first kappa shape index (κ1) is 33.6. The van der Waals surface area contributed by atoms with E-state index in [1.54, 1.807) is 0 Å². The zero-order chi connectivity index (χ0) is 32.0. The topological polar surface area (TPSA) is 75.8 Å². The van der Waals surface area contributed by atoms with Crippen LogP contribution in [0, 0.1) is 20.8 Å². The molecule has 234 valence electrons. The smallest absolute Gasteiger partial charge is 0.0810 e. The van der Waals surface area contributed by atoms with Crippen molar-refractivity contribution in [2.45, 2.75) is 99.7 Å². The molecule has 6 nitrogen and oxygen atoms in total. The van der Waals surface area contributed by atoms with Crippen LogP contribution in [0.1, 0.15) is 90.5 Å². The Hall–Kier alpha value is -4.32. The summed E-state index contributed by atoms with van der Waals surface area (Å²) >= 11 is 0. The first-order valence-electron chi connectivity index (χ1n) is 16.1. The van der Waals surface area contributed by atoms with Gasteiger partial charge in [0.15, 0.2) is 0 Å². The lowest BCUT2D eigenvalue weighted by Crippen LogP contribution is -2.11. The largest absolute Gasteiger partial charge is 0.288 e. The summed E-state index contributed by atoms with van der Waals surface area (Å²) in [6.45, 7) is 15.3. The molecule has 0 N–H and O–H groups in total. The molecule has 0 bridgehead atoms. The second-order valence-electron chi connectivity index (χ2n) is 11.9. The van der Waals surface area contributed by atoms with Gasteiger partial charge in [0.05, 0.1) is 36.7 Å². The number of benzene rings is 1. The van der Waals surface area contributed by atoms with Crippen LogP contribution in [0.5, 0.6) is 0 Å². The average molecular weight is 601 g/mol. The van der Waals surface area contributed by atoms with Gasteiger partial charge in [-0.15, -0.1) is 0 Å². The van der Waals surface area contributed by atoms with Crippen molar-refractivity contribution < 1.29 is 0 Å². The van der Waals surface area contributed by atoms with E-state index in [0.717, 1.165) is 72.7 Å². The molecule has 3 heterocycles. The minimum absolute atomic E-state index is 0.628. The lowest BCUT2D eigenvalue weighted by molar-refractivity contribution is 0.889. The highest BCUT2D eigenvalue weighted by Gasteiger charge is 2.18. The maximum Gasteiger partial charge on any atom is 0.0810 e. The van der Waals surface area contributed by atoms with Gasteiger partial charge in [-0.05, 0) is 150 Å². The molecule has 0 aliphatic heterocycles. The van der Waals surface area contributed by atoms with Gasteiger partial charge in [0.2, 0.25) is 0 Å². The first-order valence-corrected chi connectivity index (χ1v) is 16.1. The van der Waals surface area contributed by atoms with E-state index in [2.05, 4.69) is 56.5 Å². The van der Waals surface area contributed by atoms with Crippen LogP contribution in [-0.4, -0.2) is 32.1 Å². The van der Waals surface area contributed by atoms with Gasteiger partial charge in [0.25, 0.3) is 0 Å². The Morgan fingerprint density at radius 3 is 1.00 bits per heavy atom. The number of hydrogen-bond acceptors (Lipinski definition) is 6. The summed E-state index contributed by atoms with van der Waals surface area (Å²) in [5.74, 6) is 0. The number of hydrogen-bond donors (Lipinski definition) is 0. The third kappa shape index (κ3) is 10.4. The molecule has 0 atom stereocenters. The minimum atomic E-state index is 0.628. The van der Waals surface area contributed by atoms with Gasteiger partial charge in [-0.2, -0.15) is 0 Å². The molecule has 3 aromatic heterocycles. The van der Waals surface area contributed by atoms with E-state index in [1.807, 2.05) is 73.2 Å². The highest BCUT2D eigenvalue weighted by atomic mass is 14.8. The molecule has 4 rings (SSSR count). The predicted molar refractivity (Wildman–Crippen MR) is 189 cm³/mol. The molecular weight excluding hydrogens is 552 g/mol. The van der Waals surface area contributed by atoms with Gasteiger partial charge in [-0.25, -0.2) is 0 Å². The maximum atomic E-state index is 4.85. The summed E-state index contributed by atoms with van der Waals surface area (Å²) in [5.41, 5.74) is 15.2.